The Morgan fingerprint density at radius 1 is 1.38 bits per heavy atom. The van der Waals surface area contributed by atoms with Crippen LogP contribution < -0.4 is 10.6 Å². The van der Waals surface area contributed by atoms with Crippen LogP contribution in [0.15, 0.2) is 22.5 Å². The van der Waals surface area contributed by atoms with Gasteiger partial charge in [-0.05, 0) is 43.0 Å². The number of guanidine groups is 1. The topological polar surface area (TPSA) is 45.7 Å². The number of nitrogens with one attached hydrogen (secondary N) is 2. The van der Waals surface area contributed by atoms with Crippen LogP contribution in [0.4, 0.5) is 0 Å². The molecule has 24 heavy (non-hydrogen) atoms. The molecule has 1 aromatic rings. The fraction of sp³-hybridized carbons (Fsp3) is 0.737. The lowest BCUT2D eigenvalue weighted by atomic mass is 9.78. The summed E-state index contributed by atoms with van der Waals surface area (Å²) in [6, 6.07) is 4.29. The van der Waals surface area contributed by atoms with Crippen molar-refractivity contribution in [1.29, 1.82) is 0 Å². The van der Waals surface area contributed by atoms with Gasteiger partial charge in [0.2, 0.25) is 0 Å². The molecule has 2 N–H and O–H groups in total. The minimum absolute atomic E-state index is 0.172. The van der Waals surface area contributed by atoms with E-state index in [4.69, 9.17) is 9.73 Å². The normalized spacial score (nSPS) is 22.4. The number of hydrogen-bond acceptors (Lipinski definition) is 3. The predicted octanol–water partition coefficient (Wildman–Crippen LogP) is 3.69. The van der Waals surface area contributed by atoms with E-state index >= 15 is 0 Å². The first-order valence-corrected chi connectivity index (χ1v) is 10.0. The minimum Gasteiger partial charge on any atom is -0.377 e. The fourth-order valence-electron chi connectivity index (χ4n) is 3.30. The highest BCUT2D eigenvalue weighted by Gasteiger charge is 2.35. The lowest BCUT2D eigenvalue weighted by Crippen LogP contribution is -2.43. The maximum absolute atomic E-state index is 6.07. The Kier molecular flexibility index (Phi) is 7.56. The Balaban J connectivity index is 1.88. The highest BCUT2D eigenvalue weighted by atomic mass is 32.1. The first kappa shape index (κ1) is 19.3. The van der Waals surface area contributed by atoms with Gasteiger partial charge in [0.05, 0.1) is 6.10 Å². The average molecular weight is 352 g/mol. The molecule has 4 nitrogen and oxygen atoms in total. The van der Waals surface area contributed by atoms with Crippen LogP contribution in [0, 0.1) is 11.3 Å². The van der Waals surface area contributed by atoms with E-state index in [1.807, 2.05) is 11.3 Å². The summed E-state index contributed by atoms with van der Waals surface area (Å²) in [7, 11) is 0. The molecule has 0 aromatic carbocycles. The molecule has 5 heteroatoms. The van der Waals surface area contributed by atoms with Crippen LogP contribution in [-0.2, 0) is 11.2 Å². The van der Waals surface area contributed by atoms with E-state index in [1.54, 1.807) is 0 Å². The molecular weight excluding hydrogens is 318 g/mol. The van der Waals surface area contributed by atoms with Crippen molar-refractivity contribution >= 4 is 17.3 Å². The molecule has 0 aliphatic carbocycles. The molecule has 1 aromatic heterocycles. The molecule has 0 bridgehead atoms. The van der Waals surface area contributed by atoms with Crippen LogP contribution in [0.3, 0.4) is 0 Å². The second-order valence-electron chi connectivity index (χ2n) is 7.54. The van der Waals surface area contributed by atoms with Gasteiger partial charge in [0, 0.05) is 37.0 Å². The SMILES string of the molecule is CCNC(=NCC1CCCOC1C(C)(C)C)NCCc1cccs1. The Morgan fingerprint density at radius 2 is 2.21 bits per heavy atom. The quantitative estimate of drug-likeness (QED) is 0.607. The standard InChI is InChI=1S/C19H33N3OS/c1-5-20-18(21-11-10-16-9-7-13-24-16)22-14-15-8-6-12-23-17(15)19(2,3)4/h7,9,13,15,17H,5-6,8,10-12,14H2,1-4H3,(H2,20,21,22). The third kappa shape index (κ3) is 6.10. The van der Waals surface area contributed by atoms with Crippen molar-refractivity contribution in [2.24, 2.45) is 16.3 Å². The van der Waals surface area contributed by atoms with Gasteiger partial charge in [-0.3, -0.25) is 4.99 Å². The Labute approximate surface area is 151 Å². The summed E-state index contributed by atoms with van der Waals surface area (Å²) in [5, 5.41) is 8.94. The Hall–Kier alpha value is -1.07. The summed E-state index contributed by atoms with van der Waals surface area (Å²) >= 11 is 1.81. The van der Waals surface area contributed by atoms with Gasteiger partial charge in [0.15, 0.2) is 5.96 Å². The van der Waals surface area contributed by atoms with Crippen molar-refractivity contribution < 1.29 is 4.74 Å². The molecule has 2 rings (SSSR count). The van der Waals surface area contributed by atoms with Crippen molar-refractivity contribution in [2.75, 3.05) is 26.2 Å². The van der Waals surface area contributed by atoms with E-state index in [0.29, 0.717) is 12.0 Å². The molecule has 0 radical (unpaired) electrons. The summed E-state index contributed by atoms with van der Waals surface area (Å²) in [5.74, 6) is 1.43. The van der Waals surface area contributed by atoms with Crippen molar-refractivity contribution in [1.82, 2.24) is 10.6 Å². The lowest BCUT2D eigenvalue weighted by molar-refractivity contribution is -0.0823. The van der Waals surface area contributed by atoms with Crippen LogP contribution >= 0.6 is 11.3 Å². The van der Waals surface area contributed by atoms with Crippen LogP contribution in [0.1, 0.15) is 45.4 Å². The van der Waals surface area contributed by atoms with Gasteiger partial charge in [-0.15, -0.1) is 11.3 Å². The molecule has 2 atom stereocenters. The number of thiophene rings is 1. The molecule has 0 saturated carbocycles. The van der Waals surface area contributed by atoms with E-state index < -0.39 is 0 Å². The molecule has 2 unspecified atom stereocenters. The average Bonchev–Trinajstić information content (AvgIpc) is 3.05. The van der Waals surface area contributed by atoms with Gasteiger partial charge in [0.1, 0.15) is 0 Å². The molecule has 2 heterocycles. The molecule has 1 saturated heterocycles. The second kappa shape index (κ2) is 9.42. The first-order valence-electron chi connectivity index (χ1n) is 9.17. The van der Waals surface area contributed by atoms with Gasteiger partial charge < -0.3 is 15.4 Å². The van der Waals surface area contributed by atoms with Crippen molar-refractivity contribution in [3.63, 3.8) is 0 Å². The molecule has 1 fully saturated rings. The zero-order valence-electron chi connectivity index (χ0n) is 15.6. The molecule has 0 amide bonds. The number of hydrogen-bond donors (Lipinski definition) is 2. The molecule has 1 aliphatic heterocycles. The Bertz CT molecular complexity index is 493. The zero-order chi connectivity index (χ0) is 17.4. The summed E-state index contributed by atoms with van der Waals surface area (Å²) in [6.45, 7) is 12.4. The van der Waals surface area contributed by atoms with E-state index in [9.17, 15) is 0 Å². The maximum Gasteiger partial charge on any atom is 0.191 e. The zero-order valence-corrected chi connectivity index (χ0v) is 16.4. The van der Waals surface area contributed by atoms with Gasteiger partial charge in [0.25, 0.3) is 0 Å². The monoisotopic (exact) mass is 351 g/mol. The molecular formula is C19H33N3OS. The van der Waals surface area contributed by atoms with E-state index in [2.05, 4.69) is 55.8 Å². The highest BCUT2D eigenvalue weighted by molar-refractivity contribution is 7.09. The predicted molar refractivity (Wildman–Crippen MR) is 104 cm³/mol. The molecule has 1 aliphatic rings. The lowest BCUT2D eigenvalue weighted by Gasteiger charge is -2.39. The molecule has 0 spiro atoms. The summed E-state index contributed by atoms with van der Waals surface area (Å²) < 4.78 is 6.07. The van der Waals surface area contributed by atoms with Crippen molar-refractivity contribution in [3.05, 3.63) is 22.4 Å². The Morgan fingerprint density at radius 3 is 2.88 bits per heavy atom. The highest BCUT2D eigenvalue weighted by Crippen LogP contribution is 2.34. The van der Waals surface area contributed by atoms with Crippen LogP contribution in [0.25, 0.3) is 0 Å². The largest absolute Gasteiger partial charge is 0.377 e. The smallest absolute Gasteiger partial charge is 0.191 e. The van der Waals surface area contributed by atoms with Crippen molar-refractivity contribution in [2.45, 2.75) is 53.1 Å². The maximum atomic E-state index is 6.07. The number of rotatable bonds is 6. The van der Waals surface area contributed by atoms with Gasteiger partial charge in [-0.25, -0.2) is 0 Å². The summed E-state index contributed by atoms with van der Waals surface area (Å²) in [5.41, 5.74) is 0.172. The van der Waals surface area contributed by atoms with Crippen LogP contribution in [-0.4, -0.2) is 38.3 Å². The van der Waals surface area contributed by atoms with E-state index in [0.717, 1.165) is 45.0 Å². The number of ether oxygens (including phenoxy) is 1. The van der Waals surface area contributed by atoms with Gasteiger partial charge in [-0.2, -0.15) is 0 Å². The van der Waals surface area contributed by atoms with E-state index in [1.165, 1.54) is 11.3 Å². The second-order valence-corrected chi connectivity index (χ2v) is 8.57. The third-order valence-electron chi connectivity index (χ3n) is 4.37. The number of aliphatic imine (C=N–C) groups is 1. The van der Waals surface area contributed by atoms with E-state index in [-0.39, 0.29) is 5.41 Å². The minimum atomic E-state index is 0.172. The van der Waals surface area contributed by atoms with Crippen LogP contribution in [0.2, 0.25) is 0 Å². The number of nitrogens with zero attached hydrogens (tertiary/aromatic N) is 1. The van der Waals surface area contributed by atoms with Crippen molar-refractivity contribution in [3.8, 4) is 0 Å². The molecule has 136 valence electrons. The summed E-state index contributed by atoms with van der Waals surface area (Å²) in [6.07, 6.45) is 3.69. The van der Waals surface area contributed by atoms with Crippen LogP contribution in [0.5, 0.6) is 0 Å². The van der Waals surface area contributed by atoms with Gasteiger partial charge in [-0.1, -0.05) is 26.8 Å². The first-order chi connectivity index (χ1) is 11.5. The third-order valence-corrected chi connectivity index (χ3v) is 5.31. The van der Waals surface area contributed by atoms with Gasteiger partial charge >= 0.3 is 0 Å². The fourth-order valence-corrected chi connectivity index (χ4v) is 4.01. The summed E-state index contributed by atoms with van der Waals surface area (Å²) in [4.78, 5) is 6.25.